The van der Waals surface area contributed by atoms with Crippen molar-refractivity contribution in [1.29, 1.82) is 0 Å². The fourth-order valence-corrected chi connectivity index (χ4v) is 2.24. The van der Waals surface area contributed by atoms with Gasteiger partial charge in [-0.1, -0.05) is 13.8 Å². The molecule has 0 spiro atoms. The van der Waals surface area contributed by atoms with Gasteiger partial charge in [-0.3, -0.25) is 0 Å². The van der Waals surface area contributed by atoms with E-state index in [1.54, 1.807) is 6.92 Å². The summed E-state index contributed by atoms with van der Waals surface area (Å²) in [5, 5.41) is 2.63. The maximum Gasteiger partial charge on any atom is 0.416 e. The van der Waals surface area contributed by atoms with Crippen molar-refractivity contribution in [1.82, 2.24) is 19.9 Å². The number of nitrogens with one attached hydrogen (secondary N) is 2. The van der Waals surface area contributed by atoms with E-state index in [9.17, 15) is 17.6 Å². The van der Waals surface area contributed by atoms with Crippen LogP contribution in [0, 0.1) is 12.7 Å². The summed E-state index contributed by atoms with van der Waals surface area (Å²) in [4.78, 5) is 14.6. The molecule has 1 aromatic carbocycles. The van der Waals surface area contributed by atoms with Crippen LogP contribution in [0.15, 0.2) is 30.6 Å². The van der Waals surface area contributed by atoms with Crippen LogP contribution in [0.2, 0.25) is 0 Å². The van der Waals surface area contributed by atoms with Crippen LogP contribution in [0.5, 0.6) is 5.75 Å². The normalized spacial score (nSPS) is 10.9. The molecule has 2 heterocycles. The Kier molecular flexibility index (Phi) is 6.55. The molecule has 0 bridgehead atoms. The van der Waals surface area contributed by atoms with Gasteiger partial charge in [-0.15, -0.1) is 0 Å². The summed E-state index contributed by atoms with van der Waals surface area (Å²) in [5.74, 6) is -0.195. The highest BCUT2D eigenvalue weighted by molar-refractivity contribution is 5.61. The quantitative estimate of drug-likeness (QED) is 0.598. The van der Waals surface area contributed by atoms with Crippen LogP contribution in [0.4, 0.5) is 29.2 Å². The largest absolute Gasteiger partial charge is 0.497 e. The van der Waals surface area contributed by atoms with E-state index in [0.717, 1.165) is 18.3 Å². The van der Waals surface area contributed by atoms with Gasteiger partial charge >= 0.3 is 6.18 Å². The molecule has 0 aliphatic carbocycles. The van der Waals surface area contributed by atoms with Crippen molar-refractivity contribution in [3.63, 3.8) is 0 Å². The van der Waals surface area contributed by atoms with E-state index in [2.05, 4.69) is 25.3 Å². The van der Waals surface area contributed by atoms with Gasteiger partial charge in [0.15, 0.2) is 5.82 Å². The summed E-state index contributed by atoms with van der Waals surface area (Å²) in [6, 6.07) is 3.10. The zero-order valence-electron chi connectivity index (χ0n) is 15.6. The number of halogens is 4. The summed E-state index contributed by atoms with van der Waals surface area (Å²) in [6.07, 6.45) is -2.23. The van der Waals surface area contributed by atoms with Gasteiger partial charge in [0.05, 0.1) is 30.8 Å². The average molecular weight is 397 g/mol. The van der Waals surface area contributed by atoms with Crippen LogP contribution < -0.4 is 10.1 Å². The Morgan fingerprint density at radius 2 is 1.79 bits per heavy atom. The van der Waals surface area contributed by atoms with E-state index in [-0.39, 0.29) is 23.1 Å². The van der Waals surface area contributed by atoms with Crippen LogP contribution in [-0.4, -0.2) is 27.0 Å². The molecule has 10 heteroatoms. The maximum atomic E-state index is 14.0. The number of hydrogen-bond donors (Lipinski definition) is 2. The minimum absolute atomic E-state index is 0.00820. The summed E-state index contributed by atoms with van der Waals surface area (Å²) in [7, 11) is 1.26. The fraction of sp³-hybridized carbons (Fsp3) is 0.278. The maximum absolute atomic E-state index is 14.0. The molecule has 28 heavy (non-hydrogen) atoms. The Bertz CT molecular complexity index is 940. The standard InChI is InChI=1S/C16H13F4N5O.C2H6/c1-8-21-7-13(23-8)14-12(17)6-22-15(25-14)24-10-3-9(16(18,19)20)4-11(5-10)26-2;1-2/h3-7H,1-2H3,(H,21,23)(H,22,24,25);1-2H3. The molecule has 0 saturated carbocycles. The second-order valence-electron chi connectivity index (χ2n) is 5.35. The van der Waals surface area contributed by atoms with Crippen molar-refractivity contribution in [2.45, 2.75) is 26.9 Å². The van der Waals surface area contributed by atoms with Gasteiger partial charge in [0.25, 0.3) is 0 Å². The Morgan fingerprint density at radius 3 is 2.36 bits per heavy atom. The molecule has 3 aromatic rings. The van der Waals surface area contributed by atoms with Crippen LogP contribution in [0.3, 0.4) is 0 Å². The van der Waals surface area contributed by atoms with E-state index in [0.29, 0.717) is 11.5 Å². The zero-order chi connectivity index (χ0) is 20.9. The molecule has 2 N–H and O–H groups in total. The Hall–Kier alpha value is -3.17. The van der Waals surface area contributed by atoms with Gasteiger partial charge in [0, 0.05) is 11.8 Å². The number of methoxy groups -OCH3 is 1. The molecular formula is C18H19F4N5O. The Balaban J connectivity index is 0.00000136. The first kappa shape index (κ1) is 21.1. The Morgan fingerprint density at radius 1 is 1.07 bits per heavy atom. The first-order chi connectivity index (χ1) is 13.3. The Labute approximate surface area is 159 Å². The van der Waals surface area contributed by atoms with Crippen molar-refractivity contribution in [2.24, 2.45) is 0 Å². The molecule has 0 amide bonds. The van der Waals surface area contributed by atoms with Gasteiger partial charge in [0.2, 0.25) is 5.95 Å². The number of hydrogen-bond acceptors (Lipinski definition) is 5. The third kappa shape index (κ3) is 4.96. The van der Waals surface area contributed by atoms with Crippen LogP contribution in [-0.2, 0) is 6.18 Å². The summed E-state index contributed by atoms with van der Waals surface area (Å²) >= 11 is 0. The monoisotopic (exact) mass is 397 g/mol. The van der Waals surface area contributed by atoms with Gasteiger partial charge < -0.3 is 15.0 Å². The first-order valence-electron chi connectivity index (χ1n) is 8.34. The van der Waals surface area contributed by atoms with Crippen LogP contribution in [0.25, 0.3) is 11.4 Å². The number of imidazole rings is 1. The lowest BCUT2D eigenvalue weighted by Crippen LogP contribution is -2.07. The van der Waals surface area contributed by atoms with E-state index in [1.807, 2.05) is 13.8 Å². The topological polar surface area (TPSA) is 75.7 Å². The van der Waals surface area contributed by atoms with Crippen molar-refractivity contribution >= 4 is 11.6 Å². The molecule has 0 unspecified atom stereocenters. The number of nitrogens with zero attached hydrogens (tertiary/aromatic N) is 3. The minimum atomic E-state index is -4.55. The molecule has 0 atom stereocenters. The number of H-pyrrole nitrogens is 1. The fourth-order valence-electron chi connectivity index (χ4n) is 2.24. The summed E-state index contributed by atoms with van der Waals surface area (Å²) in [6.45, 7) is 5.69. The molecule has 2 aromatic heterocycles. The number of benzene rings is 1. The number of ether oxygens (including phenoxy) is 1. The highest BCUT2D eigenvalue weighted by Crippen LogP contribution is 2.34. The van der Waals surface area contributed by atoms with Crippen LogP contribution >= 0.6 is 0 Å². The molecule has 0 aliphatic rings. The number of rotatable bonds is 4. The number of alkyl halides is 3. The third-order valence-electron chi connectivity index (χ3n) is 3.43. The molecule has 0 fully saturated rings. The highest BCUT2D eigenvalue weighted by Gasteiger charge is 2.31. The van der Waals surface area contributed by atoms with E-state index in [4.69, 9.17) is 4.74 Å². The van der Waals surface area contributed by atoms with Gasteiger partial charge in [-0.05, 0) is 19.1 Å². The van der Waals surface area contributed by atoms with Crippen LogP contribution in [0.1, 0.15) is 25.2 Å². The molecule has 6 nitrogen and oxygen atoms in total. The molecule has 0 aliphatic heterocycles. The number of aryl methyl sites for hydroxylation is 1. The van der Waals surface area contributed by atoms with E-state index < -0.39 is 17.6 Å². The molecule has 3 rings (SSSR count). The first-order valence-corrected chi connectivity index (χ1v) is 8.34. The summed E-state index contributed by atoms with van der Waals surface area (Å²) in [5.41, 5.74) is -0.574. The molecule has 0 saturated heterocycles. The predicted molar refractivity (Wildman–Crippen MR) is 96.9 cm³/mol. The number of aromatic amines is 1. The van der Waals surface area contributed by atoms with Gasteiger partial charge in [-0.2, -0.15) is 13.2 Å². The summed E-state index contributed by atoms with van der Waals surface area (Å²) < 4.78 is 57.8. The van der Waals surface area contributed by atoms with Crippen molar-refractivity contribution in [2.75, 3.05) is 12.4 Å². The van der Waals surface area contributed by atoms with E-state index in [1.165, 1.54) is 19.4 Å². The van der Waals surface area contributed by atoms with Gasteiger partial charge in [0.1, 0.15) is 17.3 Å². The van der Waals surface area contributed by atoms with Crippen molar-refractivity contribution in [3.05, 3.63) is 47.8 Å². The second kappa shape index (κ2) is 8.68. The van der Waals surface area contributed by atoms with Gasteiger partial charge in [-0.25, -0.2) is 19.3 Å². The zero-order valence-corrected chi connectivity index (χ0v) is 15.6. The number of aromatic nitrogens is 4. The molecule has 0 radical (unpaired) electrons. The average Bonchev–Trinajstić information content (AvgIpc) is 3.10. The lowest BCUT2D eigenvalue weighted by molar-refractivity contribution is -0.137. The minimum Gasteiger partial charge on any atom is -0.497 e. The highest BCUT2D eigenvalue weighted by atomic mass is 19.4. The second-order valence-corrected chi connectivity index (χ2v) is 5.35. The van der Waals surface area contributed by atoms with Crippen molar-refractivity contribution in [3.8, 4) is 17.1 Å². The van der Waals surface area contributed by atoms with Crippen molar-refractivity contribution < 1.29 is 22.3 Å². The lowest BCUT2D eigenvalue weighted by Gasteiger charge is -2.12. The number of anilines is 2. The SMILES string of the molecule is CC.COc1cc(Nc2ncc(F)c(-c3cnc(C)[nH]3)n2)cc(C(F)(F)F)c1. The lowest BCUT2D eigenvalue weighted by atomic mass is 10.2. The van der Waals surface area contributed by atoms with E-state index >= 15 is 0 Å². The smallest absolute Gasteiger partial charge is 0.416 e. The third-order valence-corrected chi connectivity index (χ3v) is 3.43. The predicted octanol–water partition coefficient (Wildman–Crippen LogP) is 5.11. The molecule has 150 valence electrons. The molecular weight excluding hydrogens is 378 g/mol.